The number of unbranched alkanes of at least 4 members (excludes halogenated alkanes) is 10. The lowest BCUT2D eigenvalue weighted by molar-refractivity contribution is 0.554. The third-order valence-corrected chi connectivity index (χ3v) is 19.3. The van der Waals surface area contributed by atoms with Crippen molar-refractivity contribution in [3.05, 3.63) is 300 Å². The summed E-state index contributed by atoms with van der Waals surface area (Å²) in [4.78, 5) is 4.75. The Balaban J connectivity index is 1.03. The molecule has 0 bridgehead atoms. The number of rotatable bonds is 27. The highest BCUT2D eigenvalue weighted by Gasteiger charge is 2.25. The molecule has 4 nitrogen and oxygen atoms in total. The Morgan fingerprint density at radius 2 is 0.768 bits per heavy atom. The highest BCUT2D eigenvalue weighted by molar-refractivity contribution is 6.05. The Bertz CT molecular complexity index is 4200. The molecule has 10 aromatic carbocycles. The summed E-state index contributed by atoms with van der Waals surface area (Å²) in [7, 11) is 0. The zero-order valence-electron chi connectivity index (χ0n) is 57.6. The summed E-state index contributed by atoms with van der Waals surface area (Å²) in [5.74, 6) is 0.153. The Hall–Kier alpha value is -9.06. The number of fused-ring (bicyclic) bond motifs is 1. The van der Waals surface area contributed by atoms with E-state index in [4.69, 9.17) is 11.5 Å². The molecule has 0 aliphatic heterocycles. The highest BCUT2D eigenvalue weighted by Crippen LogP contribution is 2.46. The quantitative estimate of drug-likeness (QED) is 0.0504. The molecule has 1 aliphatic carbocycles. The maximum Gasteiger partial charge on any atom is 0.0462 e. The Morgan fingerprint density at radius 3 is 1.22 bits per heavy atom. The van der Waals surface area contributed by atoms with Gasteiger partial charge in [0.2, 0.25) is 0 Å². The fourth-order valence-corrected chi connectivity index (χ4v) is 13.9. The lowest BCUT2D eigenvalue weighted by atomic mass is 9.78. The average Bonchev–Trinajstić information content (AvgIpc) is 0.760. The van der Waals surface area contributed by atoms with Gasteiger partial charge >= 0.3 is 0 Å². The Kier molecular flexibility index (Phi) is 22.6. The first-order valence-corrected chi connectivity index (χ1v) is 35.5. The van der Waals surface area contributed by atoms with Gasteiger partial charge < -0.3 is 21.3 Å². The molecule has 0 fully saturated rings. The van der Waals surface area contributed by atoms with Gasteiger partial charge in [-0.1, -0.05) is 273 Å². The number of nitrogens with zero attached hydrogens (tertiary/aromatic N) is 2. The maximum absolute atomic E-state index is 6.64. The fraction of sp³-hybridized carbons (Fsp3) is 0.275. The van der Waals surface area contributed by atoms with Crippen LogP contribution in [0.4, 0.5) is 34.1 Å². The van der Waals surface area contributed by atoms with Crippen LogP contribution in [-0.4, -0.2) is 0 Å². The first-order chi connectivity index (χ1) is 46.2. The van der Waals surface area contributed by atoms with Crippen molar-refractivity contribution in [2.24, 2.45) is 17.4 Å². The number of anilines is 6. The summed E-state index contributed by atoms with van der Waals surface area (Å²) in [6.45, 7) is 15.4. The largest absolute Gasteiger partial charge is 0.322 e. The van der Waals surface area contributed by atoms with Crippen LogP contribution in [0.15, 0.2) is 273 Å². The Labute approximate surface area is 569 Å². The number of hydrogen-bond acceptors (Lipinski definition) is 4. The molecule has 4 heteroatoms. The number of aryl methyl sites for hydroxylation is 1. The van der Waals surface area contributed by atoms with Crippen molar-refractivity contribution in [3.63, 3.8) is 0 Å². The van der Waals surface area contributed by atoms with E-state index in [1.165, 1.54) is 142 Å². The molecule has 0 spiro atoms. The second kappa shape index (κ2) is 31.9. The van der Waals surface area contributed by atoms with Crippen LogP contribution in [0.5, 0.6) is 0 Å². The normalized spacial score (nSPS) is 13.7. The predicted molar refractivity (Wildman–Crippen MR) is 413 cm³/mol. The van der Waals surface area contributed by atoms with Crippen LogP contribution in [0.1, 0.15) is 166 Å². The predicted octanol–water partition coefficient (Wildman–Crippen LogP) is 25.8. The Morgan fingerprint density at radius 1 is 0.389 bits per heavy atom. The summed E-state index contributed by atoms with van der Waals surface area (Å²) >= 11 is 0. The minimum absolute atomic E-state index is 0.153. The maximum atomic E-state index is 6.64. The second-order valence-corrected chi connectivity index (χ2v) is 27.6. The molecule has 0 radical (unpaired) electrons. The van der Waals surface area contributed by atoms with E-state index in [1.807, 2.05) is 0 Å². The molecular formula is C91H100N4. The van der Waals surface area contributed by atoms with Gasteiger partial charge in [-0.15, -0.1) is 0 Å². The highest BCUT2D eigenvalue weighted by atomic mass is 15.1. The van der Waals surface area contributed by atoms with Gasteiger partial charge in [0.1, 0.15) is 0 Å². The molecule has 0 aromatic heterocycles. The van der Waals surface area contributed by atoms with Crippen LogP contribution < -0.4 is 21.3 Å². The number of nitrogens with two attached hydrogens (primary N) is 2. The number of benzene rings is 10. The molecule has 0 saturated heterocycles. The van der Waals surface area contributed by atoms with Gasteiger partial charge in [-0.2, -0.15) is 0 Å². The topological polar surface area (TPSA) is 58.5 Å². The fourth-order valence-electron chi connectivity index (χ4n) is 13.9. The van der Waals surface area contributed by atoms with Crippen LogP contribution in [0.25, 0.3) is 55.3 Å². The van der Waals surface area contributed by atoms with Gasteiger partial charge in [-0.25, -0.2) is 0 Å². The summed E-state index contributed by atoms with van der Waals surface area (Å²) in [5.41, 5.74) is 36.8. The van der Waals surface area contributed by atoms with E-state index in [1.54, 1.807) is 0 Å². The van der Waals surface area contributed by atoms with Gasteiger partial charge in [-0.05, 0) is 227 Å². The van der Waals surface area contributed by atoms with Crippen molar-refractivity contribution >= 4 is 56.0 Å². The van der Waals surface area contributed by atoms with E-state index < -0.39 is 11.1 Å². The second-order valence-electron chi connectivity index (χ2n) is 27.6. The smallest absolute Gasteiger partial charge is 0.0462 e. The number of allylic oxidation sites excluding steroid dienone is 8. The van der Waals surface area contributed by atoms with E-state index >= 15 is 0 Å². The van der Waals surface area contributed by atoms with Crippen molar-refractivity contribution in [3.8, 4) is 33.4 Å². The van der Waals surface area contributed by atoms with Crippen LogP contribution in [0.2, 0.25) is 0 Å². The summed E-state index contributed by atoms with van der Waals surface area (Å²) in [6, 6.07) is 87.5. The van der Waals surface area contributed by atoms with Gasteiger partial charge in [0.05, 0.1) is 0 Å². The molecule has 0 amide bonds. The molecular weight excluding hydrogens is 1150 g/mol. The van der Waals surface area contributed by atoms with Gasteiger partial charge in [0.25, 0.3) is 0 Å². The molecule has 0 saturated carbocycles. The summed E-state index contributed by atoms with van der Waals surface area (Å²) < 4.78 is 0. The third-order valence-electron chi connectivity index (χ3n) is 19.3. The van der Waals surface area contributed by atoms with Crippen LogP contribution in [-0.2, 0) is 17.5 Å². The van der Waals surface area contributed by atoms with Gasteiger partial charge in [0, 0.05) is 51.1 Å². The standard InChI is InChI=1S/C91H100N4/c1-8-10-12-14-16-22-37-75-65-74(72-45-57-81(58-46-72)94(83-61-49-77(50-62-83)90(4,5)92)79-53-41-70(42-54-79)68-32-24-19-25-33-68)36-28-18-21-31-67(3)88(75)89-76(38-23-17-15-13-11-9-2)66-87(85-39-29-30-40-86(85)89)73-47-59-82(60-48-73)95(84-63-51-78(52-64-84)91(6,7)93)80-55-43-71(44-56-80)69-34-26-20-27-35-69/h18-21,24-35,39-67H,8-17,22-23,36-38,92-93H2,1-7H3. The van der Waals surface area contributed by atoms with Crippen molar-refractivity contribution in [1.29, 1.82) is 0 Å². The molecule has 0 heterocycles. The molecule has 11 rings (SSSR count). The first kappa shape index (κ1) is 67.4. The summed E-state index contributed by atoms with van der Waals surface area (Å²) in [6.07, 6.45) is 29.8. The van der Waals surface area contributed by atoms with Gasteiger partial charge in [0.15, 0.2) is 0 Å². The van der Waals surface area contributed by atoms with Crippen LogP contribution in [0, 0.1) is 5.92 Å². The van der Waals surface area contributed by atoms with E-state index in [0.29, 0.717) is 0 Å². The van der Waals surface area contributed by atoms with E-state index in [2.05, 4.69) is 325 Å². The van der Waals surface area contributed by atoms with Crippen LogP contribution >= 0.6 is 0 Å². The lowest BCUT2D eigenvalue weighted by Crippen LogP contribution is -2.28. The monoisotopic (exact) mass is 1250 g/mol. The zero-order chi connectivity index (χ0) is 66.2. The SMILES string of the molecule is CCCCCCCCC1=C(c2c(CCCCCCCC)cc(-c3ccc(N(c4ccc(-c5ccccc5)cc4)c4ccc(C(C)(C)N)cc4)cc3)c3ccccc23)C(C)C=CC=CCC(c2ccc(N(c3ccc(-c4ccccc4)cc3)c3ccc(C(C)(C)N)cc3)cc2)=C1. The molecule has 1 unspecified atom stereocenters. The van der Waals surface area contributed by atoms with Crippen molar-refractivity contribution in [2.75, 3.05) is 9.80 Å². The minimum atomic E-state index is -0.450. The van der Waals surface area contributed by atoms with E-state index in [0.717, 1.165) is 77.4 Å². The van der Waals surface area contributed by atoms with Crippen molar-refractivity contribution < 1.29 is 0 Å². The zero-order valence-corrected chi connectivity index (χ0v) is 57.6. The molecule has 10 aromatic rings. The third kappa shape index (κ3) is 16.9. The number of hydrogen-bond donors (Lipinski definition) is 2. The molecule has 484 valence electrons. The van der Waals surface area contributed by atoms with Crippen molar-refractivity contribution in [2.45, 2.75) is 156 Å². The average molecular weight is 1250 g/mol. The van der Waals surface area contributed by atoms with Crippen LogP contribution in [0.3, 0.4) is 0 Å². The van der Waals surface area contributed by atoms with E-state index in [9.17, 15) is 0 Å². The molecule has 1 atom stereocenters. The minimum Gasteiger partial charge on any atom is -0.322 e. The molecule has 4 N–H and O–H groups in total. The molecule has 95 heavy (non-hydrogen) atoms. The van der Waals surface area contributed by atoms with Crippen molar-refractivity contribution in [1.82, 2.24) is 0 Å². The lowest BCUT2D eigenvalue weighted by Gasteiger charge is -2.28. The molecule has 1 aliphatic rings. The van der Waals surface area contributed by atoms with E-state index in [-0.39, 0.29) is 5.92 Å². The van der Waals surface area contributed by atoms with Gasteiger partial charge in [-0.3, -0.25) is 0 Å². The summed E-state index contributed by atoms with van der Waals surface area (Å²) in [5, 5.41) is 2.62. The first-order valence-electron chi connectivity index (χ1n) is 35.5.